The molecule has 0 heterocycles. The van der Waals surface area contributed by atoms with Gasteiger partial charge in [-0.05, 0) is 42.6 Å². The van der Waals surface area contributed by atoms with Crippen molar-refractivity contribution in [3.8, 4) is 0 Å². The van der Waals surface area contributed by atoms with E-state index in [2.05, 4.69) is 6.07 Å². The van der Waals surface area contributed by atoms with Gasteiger partial charge in [-0.25, -0.2) is 4.39 Å². The Bertz CT molecular complexity index is 617. The summed E-state index contributed by atoms with van der Waals surface area (Å²) in [6.07, 6.45) is 0. The Morgan fingerprint density at radius 1 is 1.10 bits per heavy atom. The Balaban J connectivity index is 2.11. The first-order valence-corrected chi connectivity index (χ1v) is 7.30. The fraction of sp³-hybridized carbons (Fsp3) is 0.200. The molecule has 0 spiro atoms. The molecule has 0 aliphatic heterocycles. The molecule has 0 saturated heterocycles. The fourth-order valence-corrected chi connectivity index (χ4v) is 2.95. The highest BCUT2D eigenvalue weighted by Crippen LogP contribution is 2.27. The van der Waals surface area contributed by atoms with Crippen molar-refractivity contribution >= 4 is 24.3 Å². The first-order valence-electron chi connectivity index (χ1n) is 6.32. The lowest BCUT2D eigenvalue weighted by atomic mass is 9.80. The first kappa shape index (κ1) is 15.1. The predicted molar refractivity (Wildman–Crippen MR) is 81.7 cm³/mol. The Morgan fingerprint density at radius 2 is 1.85 bits per heavy atom. The van der Waals surface area contributed by atoms with E-state index in [9.17, 15) is 4.39 Å². The van der Waals surface area contributed by atoms with Crippen molar-refractivity contribution in [2.75, 3.05) is 0 Å². The van der Waals surface area contributed by atoms with Crippen molar-refractivity contribution in [3.63, 3.8) is 0 Å². The molecule has 2 N–H and O–H groups in total. The van der Waals surface area contributed by atoms with Crippen molar-refractivity contribution in [2.45, 2.75) is 24.5 Å². The molecule has 0 amide bonds. The summed E-state index contributed by atoms with van der Waals surface area (Å²) in [5.74, 6) is 0.102. The highest BCUT2D eigenvalue weighted by molar-refractivity contribution is 7.98. The van der Waals surface area contributed by atoms with E-state index in [1.54, 1.807) is 17.8 Å². The van der Waals surface area contributed by atoms with Crippen LogP contribution in [0.4, 0.5) is 4.39 Å². The molecular formula is C15H16BFO2S. The van der Waals surface area contributed by atoms with Crippen molar-refractivity contribution in [3.05, 3.63) is 58.9 Å². The molecule has 0 aliphatic carbocycles. The smallest absolute Gasteiger partial charge is 0.423 e. The van der Waals surface area contributed by atoms with E-state index in [4.69, 9.17) is 10.0 Å². The molecule has 2 aromatic rings. The molecule has 2 nitrogen and oxygen atoms in total. The van der Waals surface area contributed by atoms with E-state index >= 15 is 0 Å². The monoisotopic (exact) mass is 290 g/mol. The molecule has 0 aliphatic rings. The summed E-state index contributed by atoms with van der Waals surface area (Å²) in [4.78, 5) is 1.13. The van der Waals surface area contributed by atoms with Gasteiger partial charge in [0.15, 0.2) is 0 Å². The third-order valence-corrected chi connectivity index (χ3v) is 4.31. The highest BCUT2D eigenvalue weighted by atomic mass is 32.2. The lowest BCUT2D eigenvalue weighted by molar-refractivity contribution is 0.425. The zero-order chi connectivity index (χ0) is 14.7. The van der Waals surface area contributed by atoms with Crippen LogP contribution in [0.3, 0.4) is 0 Å². The molecule has 0 unspecified atom stereocenters. The average molecular weight is 290 g/mol. The zero-order valence-electron chi connectivity index (χ0n) is 11.4. The largest absolute Gasteiger partial charge is 0.488 e. The molecule has 0 fully saturated rings. The SMILES string of the molecule is Cc1ccc(SCc2ccc(B(O)O)cc2F)c(C)c1. The van der Waals surface area contributed by atoms with Gasteiger partial charge < -0.3 is 10.0 Å². The zero-order valence-corrected chi connectivity index (χ0v) is 12.2. The van der Waals surface area contributed by atoms with Crippen molar-refractivity contribution in [2.24, 2.45) is 0 Å². The number of benzene rings is 2. The standard InChI is InChI=1S/C15H16BFO2S/c1-10-3-6-15(11(2)7-10)20-9-12-4-5-13(16(18)19)8-14(12)17/h3-8,18-19H,9H2,1-2H3. The van der Waals surface area contributed by atoms with Crippen molar-refractivity contribution < 1.29 is 14.4 Å². The van der Waals surface area contributed by atoms with E-state index in [1.807, 2.05) is 26.0 Å². The second-order valence-corrected chi connectivity index (χ2v) is 5.80. The summed E-state index contributed by atoms with van der Waals surface area (Å²) in [7, 11) is -1.63. The number of hydrogen-bond acceptors (Lipinski definition) is 3. The first-order chi connectivity index (χ1) is 9.47. The summed E-state index contributed by atoms with van der Waals surface area (Å²) in [5, 5.41) is 18.0. The van der Waals surface area contributed by atoms with Crippen molar-refractivity contribution in [1.29, 1.82) is 0 Å². The predicted octanol–water partition coefficient (Wildman–Crippen LogP) is 2.41. The van der Waals surface area contributed by atoms with Crippen LogP contribution < -0.4 is 5.46 Å². The Hall–Kier alpha value is -1.30. The van der Waals surface area contributed by atoms with Crippen LogP contribution in [0, 0.1) is 19.7 Å². The number of thioether (sulfide) groups is 1. The Labute approximate surface area is 122 Å². The lowest BCUT2D eigenvalue weighted by Crippen LogP contribution is -2.30. The molecule has 20 heavy (non-hydrogen) atoms. The van der Waals surface area contributed by atoms with Gasteiger partial charge in [-0.2, -0.15) is 0 Å². The van der Waals surface area contributed by atoms with Crippen molar-refractivity contribution in [1.82, 2.24) is 0 Å². The number of aryl methyl sites for hydroxylation is 2. The van der Waals surface area contributed by atoms with Crippen LogP contribution in [0.1, 0.15) is 16.7 Å². The maximum absolute atomic E-state index is 13.8. The normalized spacial score (nSPS) is 10.7. The van der Waals surface area contributed by atoms with E-state index < -0.39 is 12.9 Å². The minimum absolute atomic E-state index is 0.169. The van der Waals surface area contributed by atoms with Gasteiger partial charge in [0.1, 0.15) is 5.82 Å². The van der Waals surface area contributed by atoms with Crippen LogP contribution in [0.25, 0.3) is 0 Å². The van der Waals surface area contributed by atoms with Gasteiger partial charge in [0.2, 0.25) is 0 Å². The molecule has 5 heteroatoms. The van der Waals surface area contributed by atoms with E-state index in [1.165, 1.54) is 23.3 Å². The van der Waals surface area contributed by atoms with Gasteiger partial charge in [0, 0.05) is 10.6 Å². The quantitative estimate of drug-likeness (QED) is 0.671. The van der Waals surface area contributed by atoms with E-state index in [-0.39, 0.29) is 5.46 Å². The van der Waals surface area contributed by atoms with Gasteiger partial charge in [0.25, 0.3) is 0 Å². The molecule has 2 rings (SSSR count). The maximum Gasteiger partial charge on any atom is 0.488 e. The maximum atomic E-state index is 13.8. The second-order valence-electron chi connectivity index (χ2n) is 4.78. The van der Waals surface area contributed by atoms with Crippen LogP contribution in [-0.4, -0.2) is 17.2 Å². The molecule has 0 saturated carbocycles. The summed E-state index contributed by atoms with van der Waals surface area (Å²) < 4.78 is 13.8. The van der Waals surface area contributed by atoms with E-state index in [0.29, 0.717) is 11.3 Å². The average Bonchev–Trinajstić information content (AvgIpc) is 2.38. The number of rotatable bonds is 4. The van der Waals surface area contributed by atoms with E-state index in [0.717, 1.165) is 4.90 Å². The van der Waals surface area contributed by atoms with Crippen LogP contribution in [-0.2, 0) is 5.75 Å². The Morgan fingerprint density at radius 3 is 2.45 bits per heavy atom. The highest BCUT2D eigenvalue weighted by Gasteiger charge is 2.13. The third kappa shape index (κ3) is 3.63. The lowest BCUT2D eigenvalue weighted by Gasteiger charge is -2.08. The molecule has 0 bridgehead atoms. The number of halogens is 1. The second kappa shape index (κ2) is 6.44. The Kier molecular flexibility index (Phi) is 4.86. The van der Waals surface area contributed by atoms with Gasteiger partial charge in [-0.1, -0.05) is 29.8 Å². The topological polar surface area (TPSA) is 40.5 Å². The van der Waals surface area contributed by atoms with Gasteiger partial charge in [-0.15, -0.1) is 11.8 Å². The van der Waals surface area contributed by atoms with Crippen LogP contribution >= 0.6 is 11.8 Å². The van der Waals surface area contributed by atoms with Crippen LogP contribution in [0.15, 0.2) is 41.3 Å². The molecule has 0 atom stereocenters. The van der Waals surface area contributed by atoms with Crippen LogP contribution in [0.2, 0.25) is 0 Å². The minimum atomic E-state index is -1.63. The number of hydrogen-bond donors (Lipinski definition) is 2. The molecule has 0 radical (unpaired) electrons. The fourth-order valence-electron chi connectivity index (χ4n) is 1.96. The molecule has 2 aromatic carbocycles. The molecular weight excluding hydrogens is 274 g/mol. The van der Waals surface area contributed by atoms with Gasteiger partial charge in [-0.3, -0.25) is 0 Å². The summed E-state index contributed by atoms with van der Waals surface area (Å²) >= 11 is 1.57. The minimum Gasteiger partial charge on any atom is -0.423 e. The van der Waals surface area contributed by atoms with Crippen LogP contribution in [0.5, 0.6) is 0 Å². The molecule has 104 valence electrons. The summed E-state index contributed by atoms with van der Waals surface area (Å²) in [6.45, 7) is 4.08. The molecule has 0 aromatic heterocycles. The van der Waals surface area contributed by atoms with Gasteiger partial charge >= 0.3 is 7.12 Å². The summed E-state index contributed by atoms with van der Waals surface area (Å²) in [6, 6.07) is 10.5. The summed E-state index contributed by atoms with van der Waals surface area (Å²) in [5.41, 5.74) is 3.11. The van der Waals surface area contributed by atoms with Gasteiger partial charge in [0.05, 0.1) is 0 Å². The third-order valence-electron chi connectivity index (χ3n) is 3.09.